The minimum Gasteiger partial charge on any atom is -0.484 e. The third-order valence-electron chi connectivity index (χ3n) is 3.86. The molecule has 3 nitrogen and oxygen atoms in total. The summed E-state index contributed by atoms with van der Waals surface area (Å²) in [6.07, 6.45) is -4.41. The predicted molar refractivity (Wildman–Crippen MR) is 95.9 cm³/mol. The van der Waals surface area contributed by atoms with Crippen molar-refractivity contribution in [3.63, 3.8) is 0 Å². The summed E-state index contributed by atoms with van der Waals surface area (Å²) in [4.78, 5) is 4.34. The van der Waals surface area contributed by atoms with Gasteiger partial charge in [0.15, 0.2) is 0 Å². The summed E-state index contributed by atoms with van der Waals surface area (Å²) < 4.78 is 46.4. The minimum atomic E-state index is -4.41. The van der Waals surface area contributed by atoms with E-state index in [9.17, 15) is 13.2 Å². The van der Waals surface area contributed by atoms with Gasteiger partial charge in [0.25, 0.3) is 0 Å². The third-order valence-corrected chi connectivity index (χ3v) is 4.39. The molecule has 1 aromatic heterocycles. The minimum absolute atomic E-state index is 0.00368. The van der Waals surface area contributed by atoms with Crippen molar-refractivity contribution >= 4 is 34.2 Å². The van der Waals surface area contributed by atoms with Crippen molar-refractivity contribution < 1.29 is 17.9 Å². The Balaban J connectivity index is 1.97. The number of nitrogens with zero attached hydrogens (tertiary/aromatic N) is 2. The molecule has 0 saturated carbocycles. The second-order valence-corrected chi connectivity index (χ2v) is 6.90. The lowest BCUT2D eigenvalue weighted by atomic mass is 10.2. The standard InChI is InChI=1S/C18H15Cl2F3N2O/c1-10(2)25-15-5-3-11(18(21,22)23)7-14(15)24-17(25)9-26-16-6-4-12(19)8-13(16)20/h3-8,10H,9H2,1-2H3. The highest BCUT2D eigenvalue weighted by Crippen LogP contribution is 2.33. The maximum absolute atomic E-state index is 12.9. The fourth-order valence-corrected chi connectivity index (χ4v) is 3.20. The molecule has 2 aromatic carbocycles. The van der Waals surface area contributed by atoms with Crippen molar-refractivity contribution in [3.05, 3.63) is 57.8 Å². The molecule has 138 valence electrons. The van der Waals surface area contributed by atoms with Crippen molar-refractivity contribution in [2.75, 3.05) is 0 Å². The van der Waals surface area contributed by atoms with E-state index in [1.165, 1.54) is 6.07 Å². The first-order chi connectivity index (χ1) is 12.2. The molecule has 0 unspecified atom stereocenters. The van der Waals surface area contributed by atoms with Crippen LogP contribution in [0.2, 0.25) is 10.0 Å². The summed E-state index contributed by atoms with van der Waals surface area (Å²) in [6.45, 7) is 3.92. The molecule has 0 aliphatic carbocycles. The number of rotatable bonds is 4. The molecule has 0 atom stereocenters. The van der Waals surface area contributed by atoms with E-state index in [2.05, 4.69) is 4.98 Å². The van der Waals surface area contributed by atoms with E-state index in [4.69, 9.17) is 27.9 Å². The molecule has 8 heteroatoms. The van der Waals surface area contributed by atoms with Crippen LogP contribution in [0.3, 0.4) is 0 Å². The molecule has 0 aliphatic heterocycles. The first-order valence-corrected chi connectivity index (χ1v) is 8.58. The monoisotopic (exact) mass is 402 g/mol. The molecule has 0 radical (unpaired) electrons. The van der Waals surface area contributed by atoms with Gasteiger partial charge in [-0.3, -0.25) is 0 Å². The SMILES string of the molecule is CC(C)n1c(COc2ccc(Cl)cc2Cl)nc2cc(C(F)(F)F)ccc21. The summed E-state index contributed by atoms with van der Waals surface area (Å²) in [5.41, 5.74) is 0.162. The van der Waals surface area contributed by atoms with E-state index >= 15 is 0 Å². The van der Waals surface area contributed by atoms with E-state index < -0.39 is 11.7 Å². The number of aromatic nitrogens is 2. The molecule has 3 rings (SSSR count). The molecule has 0 saturated heterocycles. The smallest absolute Gasteiger partial charge is 0.416 e. The highest BCUT2D eigenvalue weighted by atomic mass is 35.5. The number of imidazole rings is 1. The van der Waals surface area contributed by atoms with E-state index in [0.29, 0.717) is 27.1 Å². The molecule has 1 heterocycles. The van der Waals surface area contributed by atoms with Crippen LogP contribution in [-0.2, 0) is 12.8 Å². The number of hydrogen-bond donors (Lipinski definition) is 0. The highest BCUT2D eigenvalue weighted by Gasteiger charge is 2.31. The molecule has 0 spiro atoms. The number of ether oxygens (including phenoxy) is 1. The Hall–Kier alpha value is -1.92. The van der Waals surface area contributed by atoms with Crippen LogP contribution in [0.15, 0.2) is 36.4 Å². The summed E-state index contributed by atoms with van der Waals surface area (Å²) in [5, 5.41) is 0.834. The topological polar surface area (TPSA) is 27.1 Å². The Morgan fingerprint density at radius 1 is 1.12 bits per heavy atom. The second kappa shape index (κ2) is 7.00. The number of halogens is 5. The summed E-state index contributed by atoms with van der Waals surface area (Å²) in [5.74, 6) is 0.940. The quantitative estimate of drug-likeness (QED) is 0.496. The molecule has 0 aliphatic rings. The largest absolute Gasteiger partial charge is 0.484 e. The van der Waals surface area contributed by atoms with E-state index in [-0.39, 0.29) is 18.2 Å². The fourth-order valence-electron chi connectivity index (χ4n) is 2.74. The Morgan fingerprint density at radius 2 is 1.85 bits per heavy atom. The van der Waals surface area contributed by atoms with Gasteiger partial charge in [-0.25, -0.2) is 4.98 Å². The zero-order valence-electron chi connectivity index (χ0n) is 13.9. The van der Waals surface area contributed by atoms with Gasteiger partial charge in [0.2, 0.25) is 0 Å². The van der Waals surface area contributed by atoms with Crippen molar-refractivity contribution in [1.82, 2.24) is 9.55 Å². The molecule has 0 fully saturated rings. The lowest BCUT2D eigenvalue weighted by Crippen LogP contribution is -2.09. The molecule has 0 amide bonds. The number of hydrogen-bond acceptors (Lipinski definition) is 2. The molecule has 3 aromatic rings. The fraction of sp³-hybridized carbons (Fsp3) is 0.278. The molecule has 0 bridgehead atoms. The van der Waals surface area contributed by atoms with Gasteiger partial charge in [0.1, 0.15) is 18.2 Å². The average molecular weight is 403 g/mol. The third kappa shape index (κ3) is 3.76. The van der Waals surface area contributed by atoms with Gasteiger partial charge in [-0.05, 0) is 50.2 Å². The highest BCUT2D eigenvalue weighted by molar-refractivity contribution is 6.35. The normalized spacial score (nSPS) is 12.2. The van der Waals surface area contributed by atoms with Gasteiger partial charge in [-0.15, -0.1) is 0 Å². The number of fused-ring (bicyclic) bond motifs is 1. The Labute approximate surface area is 158 Å². The van der Waals surface area contributed by atoms with Crippen LogP contribution in [0.5, 0.6) is 5.75 Å². The van der Waals surface area contributed by atoms with Crippen molar-refractivity contribution in [3.8, 4) is 5.75 Å². The molecule has 0 N–H and O–H groups in total. The van der Waals surface area contributed by atoms with Crippen LogP contribution >= 0.6 is 23.2 Å². The van der Waals surface area contributed by atoms with Crippen LogP contribution in [0, 0.1) is 0 Å². The first-order valence-electron chi connectivity index (χ1n) is 7.82. The Morgan fingerprint density at radius 3 is 2.46 bits per heavy atom. The molecular weight excluding hydrogens is 388 g/mol. The van der Waals surface area contributed by atoms with Gasteiger partial charge in [-0.2, -0.15) is 13.2 Å². The number of alkyl halides is 3. The van der Waals surface area contributed by atoms with E-state index in [1.807, 2.05) is 18.4 Å². The van der Waals surface area contributed by atoms with Gasteiger partial charge < -0.3 is 9.30 Å². The van der Waals surface area contributed by atoms with Gasteiger partial charge in [-0.1, -0.05) is 23.2 Å². The van der Waals surface area contributed by atoms with E-state index in [0.717, 1.165) is 12.1 Å². The van der Waals surface area contributed by atoms with Crippen molar-refractivity contribution in [2.45, 2.75) is 32.7 Å². The first kappa shape index (κ1) is 18.9. The van der Waals surface area contributed by atoms with Crippen molar-refractivity contribution in [1.29, 1.82) is 0 Å². The van der Waals surface area contributed by atoms with Crippen LogP contribution in [-0.4, -0.2) is 9.55 Å². The molecule has 26 heavy (non-hydrogen) atoms. The van der Waals surface area contributed by atoms with E-state index in [1.54, 1.807) is 18.2 Å². The van der Waals surface area contributed by atoms with Gasteiger partial charge in [0.05, 0.1) is 21.6 Å². The van der Waals surface area contributed by atoms with Crippen LogP contribution in [0.1, 0.15) is 31.3 Å². The Bertz CT molecular complexity index is 951. The Kier molecular flexibility index (Phi) is 5.08. The molecular formula is C18H15Cl2F3N2O. The van der Waals surface area contributed by atoms with Gasteiger partial charge >= 0.3 is 6.18 Å². The zero-order valence-corrected chi connectivity index (χ0v) is 15.5. The predicted octanol–water partition coefficient (Wildman–Crippen LogP) is 6.52. The number of benzene rings is 2. The summed E-state index contributed by atoms with van der Waals surface area (Å²) in [6, 6.07) is 8.37. The maximum atomic E-state index is 12.9. The summed E-state index contributed by atoms with van der Waals surface area (Å²) >= 11 is 11.9. The van der Waals surface area contributed by atoms with Crippen LogP contribution in [0.25, 0.3) is 11.0 Å². The maximum Gasteiger partial charge on any atom is 0.416 e. The average Bonchev–Trinajstić information content (AvgIpc) is 2.90. The van der Waals surface area contributed by atoms with Gasteiger partial charge in [0, 0.05) is 11.1 Å². The lowest BCUT2D eigenvalue weighted by molar-refractivity contribution is -0.137. The zero-order chi connectivity index (χ0) is 19.1. The lowest BCUT2D eigenvalue weighted by Gasteiger charge is -2.14. The summed E-state index contributed by atoms with van der Waals surface area (Å²) in [7, 11) is 0. The van der Waals surface area contributed by atoms with Crippen LogP contribution in [0.4, 0.5) is 13.2 Å². The van der Waals surface area contributed by atoms with Crippen molar-refractivity contribution in [2.24, 2.45) is 0 Å². The second-order valence-electron chi connectivity index (χ2n) is 6.06. The van der Waals surface area contributed by atoms with Crippen LogP contribution < -0.4 is 4.74 Å².